The highest BCUT2D eigenvalue weighted by Gasteiger charge is 2.21. The Morgan fingerprint density at radius 3 is 2.69 bits per heavy atom. The number of rotatable bonds is 7. The van der Waals surface area contributed by atoms with Gasteiger partial charge >= 0.3 is 0 Å². The van der Waals surface area contributed by atoms with Crippen LogP contribution in [0.3, 0.4) is 0 Å². The number of hydrogen-bond donors (Lipinski definition) is 1. The number of nitrogens with zero attached hydrogens (tertiary/aromatic N) is 4. The number of carbonyl (C=O) groups is 1. The third-order valence-electron chi connectivity index (χ3n) is 4.72. The van der Waals surface area contributed by atoms with Crippen LogP contribution in [0, 0.1) is 0 Å². The second-order valence-corrected chi connectivity index (χ2v) is 8.75. The quantitative estimate of drug-likeness (QED) is 0.587. The number of hydrogen-bond acceptors (Lipinski definition) is 6. The Kier molecular flexibility index (Phi) is 6.76. The van der Waals surface area contributed by atoms with Crippen molar-refractivity contribution in [2.24, 2.45) is 0 Å². The fourth-order valence-electron chi connectivity index (χ4n) is 3.13. The lowest BCUT2D eigenvalue weighted by Crippen LogP contribution is -2.48. The van der Waals surface area contributed by atoms with Crippen molar-refractivity contribution in [3.8, 4) is 0 Å². The monoisotopic (exact) mass is 425 g/mol. The molecule has 1 aliphatic rings. The summed E-state index contributed by atoms with van der Waals surface area (Å²) in [6.07, 6.45) is 3.87. The summed E-state index contributed by atoms with van der Waals surface area (Å²) in [6.45, 7) is 4.38. The molecule has 1 aliphatic heterocycles. The summed E-state index contributed by atoms with van der Waals surface area (Å²) < 4.78 is 0. The summed E-state index contributed by atoms with van der Waals surface area (Å²) in [5.41, 5.74) is 1.10. The molecule has 0 saturated carbocycles. The SMILES string of the molecule is O=C(CSc1n[nH]c(/C=C/c2ccccc2)n1)N1CCN(Cc2cccs2)CC1. The summed E-state index contributed by atoms with van der Waals surface area (Å²) in [5, 5.41) is 9.81. The van der Waals surface area contributed by atoms with E-state index in [1.807, 2.05) is 47.4 Å². The second kappa shape index (κ2) is 9.87. The van der Waals surface area contributed by atoms with E-state index in [1.165, 1.54) is 16.6 Å². The van der Waals surface area contributed by atoms with E-state index in [-0.39, 0.29) is 5.91 Å². The molecule has 6 nitrogen and oxygen atoms in total. The van der Waals surface area contributed by atoms with Gasteiger partial charge < -0.3 is 4.90 Å². The Bertz CT molecular complexity index is 931. The molecule has 0 unspecified atom stereocenters. The van der Waals surface area contributed by atoms with Gasteiger partial charge in [0, 0.05) is 37.6 Å². The van der Waals surface area contributed by atoms with Crippen molar-refractivity contribution in [1.82, 2.24) is 25.0 Å². The average molecular weight is 426 g/mol. The molecular formula is C21H23N5OS2. The Labute approximate surface area is 178 Å². The van der Waals surface area contributed by atoms with Gasteiger partial charge in [-0.15, -0.1) is 16.4 Å². The van der Waals surface area contributed by atoms with Gasteiger partial charge in [0.25, 0.3) is 0 Å². The molecule has 1 aromatic carbocycles. The number of carbonyl (C=O) groups excluding carboxylic acids is 1. The topological polar surface area (TPSA) is 65.1 Å². The number of aromatic nitrogens is 3. The Balaban J connectivity index is 1.21. The fraction of sp³-hybridized carbons (Fsp3) is 0.286. The number of H-pyrrole nitrogens is 1. The van der Waals surface area contributed by atoms with E-state index in [0.717, 1.165) is 38.3 Å². The number of thioether (sulfide) groups is 1. The maximum absolute atomic E-state index is 12.5. The molecular weight excluding hydrogens is 402 g/mol. The highest BCUT2D eigenvalue weighted by Crippen LogP contribution is 2.17. The van der Waals surface area contributed by atoms with Crippen molar-refractivity contribution < 1.29 is 4.79 Å². The van der Waals surface area contributed by atoms with E-state index in [4.69, 9.17) is 0 Å². The van der Waals surface area contributed by atoms with Crippen molar-refractivity contribution >= 4 is 41.2 Å². The van der Waals surface area contributed by atoms with Gasteiger partial charge in [-0.2, -0.15) is 0 Å². The predicted molar refractivity (Wildman–Crippen MR) is 119 cm³/mol. The molecule has 8 heteroatoms. The van der Waals surface area contributed by atoms with Crippen molar-refractivity contribution in [2.75, 3.05) is 31.9 Å². The van der Waals surface area contributed by atoms with Crippen LogP contribution in [0.2, 0.25) is 0 Å². The number of benzene rings is 1. The molecule has 1 saturated heterocycles. The standard InChI is InChI=1S/C21H23N5OS2/c27-20(26-12-10-25(11-13-26)15-18-7-4-14-28-18)16-29-21-22-19(23-24-21)9-8-17-5-2-1-3-6-17/h1-9,14H,10-13,15-16H2,(H,22,23,24)/b9-8+. The van der Waals surface area contributed by atoms with E-state index in [2.05, 4.69) is 37.6 Å². The third kappa shape index (κ3) is 5.79. The van der Waals surface area contributed by atoms with E-state index >= 15 is 0 Å². The Morgan fingerprint density at radius 1 is 1.10 bits per heavy atom. The van der Waals surface area contributed by atoms with E-state index in [9.17, 15) is 4.79 Å². The van der Waals surface area contributed by atoms with Gasteiger partial charge in [0.15, 0.2) is 0 Å². The van der Waals surface area contributed by atoms with E-state index in [1.54, 1.807) is 11.3 Å². The summed E-state index contributed by atoms with van der Waals surface area (Å²) in [5.74, 6) is 1.20. The lowest BCUT2D eigenvalue weighted by molar-refractivity contribution is -0.130. The first-order valence-electron chi connectivity index (χ1n) is 9.57. The lowest BCUT2D eigenvalue weighted by Gasteiger charge is -2.34. The highest BCUT2D eigenvalue weighted by atomic mass is 32.2. The predicted octanol–water partition coefficient (Wildman–Crippen LogP) is 3.47. The number of aromatic amines is 1. The highest BCUT2D eigenvalue weighted by molar-refractivity contribution is 7.99. The summed E-state index contributed by atoms with van der Waals surface area (Å²) in [7, 11) is 0. The first-order valence-corrected chi connectivity index (χ1v) is 11.4. The van der Waals surface area contributed by atoms with Gasteiger partial charge in [-0.05, 0) is 23.1 Å². The van der Waals surface area contributed by atoms with Crippen molar-refractivity contribution in [1.29, 1.82) is 0 Å². The molecule has 1 amide bonds. The van der Waals surface area contributed by atoms with Crippen LogP contribution >= 0.6 is 23.1 Å². The molecule has 29 heavy (non-hydrogen) atoms. The minimum absolute atomic E-state index is 0.150. The van der Waals surface area contributed by atoms with Gasteiger partial charge in [0.2, 0.25) is 11.1 Å². The van der Waals surface area contributed by atoms with Crippen molar-refractivity contribution in [3.05, 3.63) is 64.1 Å². The maximum Gasteiger partial charge on any atom is 0.233 e. The minimum Gasteiger partial charge on any atom is -0.339 e. The first kappa shape index (κ1) is 19.9. The van der Waals surface area contributed by atoms with Crippen LogP contribution in [-0.4, -0.2) is 62.8 Å². The van der Waals surface area contributed by atoms with Crippen molar-refractivity contribution in [3.63, 3.8) is 0 Å². The zero-order valence-corrected chi connectivity index (χ0v) is 17.7. The van der Waals surface area contributed by atoms with Crippen LogP contribution in [0.15, 0.2) is 53.0 Å². The minimum atomic E-state index is 0.150. The zero-order valence-electron chi connectivity index (χ0n) is 16.0. The van der Waals surface area contributed by atoms with Gasteiger partial charge in [0.1, 0.15) is 5.82 Å². The zero-order chi connectivity index (χ0) is 19.9. The molecule has 150 valence electrons. The Hall–Kier alpha value is -2.42. The molecule has 0 bridgehead atoms. The van der Waals surface area contributed by atoms with Crippen LogP contribution < -0.4 is 0 Å². The van der Waals surface area contributed by atoms with Gasteiger partial charge in [-0.3, -0.25) is 14.8 Å². The average Bonchev–Trinajstić information content (AvgIpc) is 3.44. The maximum atomic E-state index is 12.5. The molecule has 3 aromatic rings. The number of amides is 1. The van der Waals surface area contributed by atoms with E-state index in [0.29, 0.717) is 16.7 Å². The molecule has 0 spiro atoms. The first-order chi connectivity index (χ1) is 14.3. The van der Waals surface area contributed by atoms with Crippen LogP contribution in [-0.2, 0) is 11.3 Å². The van der Waals surface area contributed by atoms with Crippen LogP contribution in [0.5, 0.6) is 0 Å². The summed E-state index contributed by atoms with van der Waals surface area (Å²) >= 11 is 3.17. The number of piperazine rings is 1. The number of thiophene rings is 1. The molecule has 0 aliphatic carbocycles. The van der Waals surface area contributed by atoms with Gasteiger partial charge in [0.05, 0.1) is 5.75 Å². The van der Waals surface area contributed by atoms with E-state index < -0.39 is 0 Å². The second-order valence-electron chi connectivity index (χ2n) is 6.77. The van der Waals surface area contributed by atoms with Gasteiger partial charge in [-0.1, -0.05) is 54.2 Å². The van der Waals surface area contributed by atoms with Crippen LogP contribution in [0.4, 0.5) is 0 Å². The molecule has 2 aromatic heterocycles. The normalized spacial score (nSPS) is 15.2. The number of nitrogens with one attached hydrogen (secondary N) is 1. The summed E-state index contributed by atoms with van der Waals surface area (Å²) in [4.78, 5) is 22.7. The lowest BCUT2D eigenvalue weighted by atomic mass is 10.2. The molecule has 1 N–H and O–H groups in total. The van der Waals surface area contributed by atoms with Gasteiger partial charge in [-0.25, -0.2) is 4.98 Å². The van der Waals surface area contributed by atoms with Crippen LogP contribution in [0.25, 0.3) is 12.2 Å². The molecule has 1 fully saturated rings. The fourth-order valence-corrected chi connectivity index (χ4v) is 4.59. The van der Waals surface area contributed by atoms with Crippen molar-refractivity contribution in [2.45, 2.75) is 11.7 Å². The van der Waals surface area contributed by atoms with Crippen LogP contribution in [0.1, 0.15) is 16.3 Å². The smallest absolute Gasteiger partial charge is 0.233 e. The molecule has 0 radical (unpaired) electrons. The molecule has 4 rings (SSSR count). The molecule has 0 atom stereocenters. The Morgan fingerprint density at radius 2 is 1.93 bits per heavy atom. The third-order valence-corrected chi connectivity index (χ3v) is 6.42. The largest absolute Gasteiger partial charge is 0.339 e. The molecule has 3 heterocycles. The summed E-state index contributed by atoms with van der Waals surface area (Å²) in [6, 6.07) is 14.3.